The first-order valence-electron chi connectivity index (χ1n) is 7.44. The quantitative estimate of drug-likeness (QED) is 0.685. The number of hydrazine groups is 1. The van der Waals surface area contributed by atoms with E-state index in [4.69, 9.17) is 16.3 Å². The third-order valence-corrected chi connectivity index (χ3v) is 3.75. The van der Waals surface area contributed by atoms with Crippen molar-refractivity contribution in [3.8, 4) is 5.75 Å². The van der Waals surface area contributed by atoms with Gasteiger partial charge in [0.05, 0.1) is 12.3 Å². The fourth-order valence-electron chi connectivity index (χ4n) is 2.37. The second-order valence-electron chi connectivity index (χ2n) is 5.09. The summed E-state index contributed by atoms with van der Waals surface area (Å²) in [6.45, 7) is 2.37. The van der Waals surface area contributed by atoms with Crippen LogP contribution >= 0.6 is 11.6 Å². The lowest BCUT2D eigenvalue weighted by Crippen LogP contribution is -2.35. The monoisotopic (exact) mass is 342 g/mol. The van der Waals surface area contributed by atoms with Gasteiger partial charge in [0.1, 0.15) is 11.3 Å². The third-order valence-electron chi connectivity index (χ3n) is 3.49. The maximum absolute atomic E-state index is 12.6. The van der Waals surface area contributed by atoms with Crippen LogP contribution in [0.3, 0.4) is 0 Å². The van der Waals surface area contributed by atoms with E-state index in [0.29, 0.717) is 28.6 Å². The highest BCUT2D eigenvalue weighted by atomic mass is 35.5. The van der Waals surface area contributed by atoms with E-state index in [1.54, 1.807) is 42.5 Å². The molecule has 0 aromatic heterocycles. The van der Waals surface area contributed by atoms with Crippen LogP contribution in [0.15, 0.2) is 54.1 Å². The first kappa shape index (κ1) is 16.1. The van der Waals surface area contributed by atoms with Crippen LogP contribution in [0.5, 0.6) is 5.75 Å². The molecule has 2 aromatic carbocycles. The van der Waals surface area contributed by atoms with Crippen molar-refractivity contribution >= 4 is 35.2 Å². The lowest BCUT2D eigenvalue weighted by Gasteiger charge is -2.14. The molecule has 1 heterocycles. The van der Waals surface area contributed by atoms with Crippen LogP contribution in [0.25, 0.3) is 6.08 Å². The highest BCUT2D eigenvalue weighted by Gasteiger charge is 2.34. The molecule has 1 aliphatic heterocycles. The van der Waals surface area contributed by atoms with E-state index < -0.39 is 11.8 Å². The van der Waals surface area contributed by atoms with Crippen LogP contribution in [-0.2, 0) is 9.59 Å². The molecule has 122 valence electrons. The number of halogens is 1. The summed E-state index contributed by atoms with van der Waals surface area (Å²) < 4.78 is 5.53. The highest BCUT2D eigenvalue weighted by Crippen LogP contribution is 2.26. The van der Waals surface area contributed by atoms with Gasteiger partial charge in [0.15, 0.2) is 0 Å². The van der Waals surface area contributed by atoms with Crippen molar-refractivity contribution in [1.82, 2.24) is 5.43 Å². The number of nitrogens with one attached hydrogen (secondary N) is 1. The Morgan fingerprint density at radius 1 is 1.12 bits per heavy atom. The number of nitrogens with zero attached hydrogens (tertiary/aromatic N) is 1. The summed E-state index contributed by atoms with van der Waals surface area (Å²) >= 11 is 5.85. The maximum Gasteiger partial charge on any atom is 0.282 e. The zero-order valence-electron chi connectivity index (χ0n) is 13.0. The van der Waals surface area contributed by atoms with Crippen molar-refractivity contribution in [2.45, 2.75) is 6.92 Å². The van der Waals surface area contributed by atoms with Crippen molar-refractivity contribution in [2.24, 2.45) is 0 Å². The summed E-state index contributed by atoms with van der Waals surface area (Å²) in [5.74, 6) is -0.257. The predicted octanol–water partition coefficient (Wildman–Crippen LogP) is 3.20. The largest absolute Gasteiger partial charge is 0.493 e. The number of benzene rings is 2. The SMILES string of the molecule is CCOc1ccccc1C=C1C(=O)NN(c2ccc(Cl)cc2)C1=O. The summed E-state index contributed by atoms with van der Waals surface area (Å²) in [6, 6.07) is 13.9. The van der Waals surface area contributed by atoms with Gasteiger partial charge in [-0.25, -0.2) is 5.01 Å². The van der Waals surface area contributed by atoms with Crippen molar-refractivity contribution in [3.05, 3.63) is 64.7 Å². The molecule has 0 spiro atoms. The minimum Gasteiger partial charge on any atom is -0.493 e. The predicted molar refractivity (Wildman–Crippen MR) is 92.7 cm³/mol. The van der Waals surface area contributed by atoms with Crippen LogP contribution in [0.1, 0.15) is 12.5 Å². The fourth-order valence-corrected chi connectivity index (χ4v) is 2.50. The van der Waals surface area contributed by atoms with Gasteiger partial charge >= 0.3 is 0 Å². The lowest BCUT2D eigenvalue weighted by molar-refractivity contribution is -0.117. The van der Waals surface area contributed by atoms with Crippen LogP contribution in [0, 0.1) is 0 Å². The lowest BCUT2D eigenvalue weighted by atomic mass is 10.1. The number of carbonyl (C=O) groups excluding carboxylic acids is 2. The van der Waals surface area contributed by atoms with E-state index in [1.165, 1.54) is 5.01 Å². The smallest absolute Gasteiger partial charge is 0.282 e. The molecule has 0 aliphatic carbocycles. The van der Waals surface area contributed by atoms with Crippen molar-refractivity contribution in [2.75, 3.05) is 11.6 Å². The zero-order valence-corrected chi connectivity index (χ0v) is 13.7. The van der Waals surface area contributed by atoms with Gasteiger partial charge in [-0.05, 0) is 43.3 Å². The minimum atomic E-state index is -0.457. The molecule has 5 nitrogen and oxygen atoms in total. The van der Waals surface area contributed by atoms with E-state index in [1.807, 2.05) is 19.1 Å². The molecule has 1 N–H and O–H groups in total. The Hall–Kier alpha value is -2.79. The van der Waals surface area contributed by atoms with E-state index in [9.17, 15) is 9.59 Å². The number of anilines is 1. The Morgan fingerprint density at radius 2 is 1.83 bits per heavy atom. The average molecular weight is 343 g/mol. The van der Waals surface area contributed by atoms with Gasteiger partial charge in [0, 0.05) is 10.6 Å². The Morgan fingerprint density at radius 3 is 2.54 bits per heavy atom. The average Bonchev–Trinajstić information content (AvgIpc) is 2.86. The molecule has 24 heavy (non-hydrogen) atoms. The molecule has 1 aliphatic rings. The van der Waals surface area contributed by atoms with E-state index in [-0.39, 0.29) is 5.57 Å². The molecule has 0 saturated carbocycles. The first-order chi connectivity index (χ1) is 11.6. The molecule has 6 heteroatoms. The van der Waals surface area contributed by atoms with Gasteiger partial charge < -0.3 is 4.74 Å². The zero-order chi connectivity index (χ0) is 17.1. The molecule has 1 saturated heterocycles. The van der Waals surface area contributed by atoms with E-state index in [0.717, 1.165) is 0 Å². The van der Waals surface area contributed by atoms with Crippen LogP contribution < -0.4 is 15.2 Å². The Labute approximate surface area is 144 Å². The van der Waals surface area contributed by atoms with Gasteiger partial charge in [-0.1, -0.05) is 29.8 Å². The molecule has 0 radical (unpaired) electrons. The minimum absolute atomic E-state index is 0.0529. The van der Waals surface area contributed by atoms with Gasteiger partial charge in [-0.3, -0.25) is 15.0 Å². The Balaban J connectivity index is 1.93. The molecule has 1 fully saturated rings. The second kappa shape index (κ2) is 6.76. The van der Waals surface area contributed by atoms with E-state index in [2.05, 4.69) is 5.43 Å². The topological polar surface area (TPSA) is 58.6 Å². The summed E-state index contributed by atoms with van der Waals surface area (Å²) in [6.07, 6.45) is 1.54. The molecule has 0 unspecified atom stereocenters. The van der Waals surface area contributed by atoms with Crippen LogP contribution in [-0.4, -0.2) is 18.4 Å². The molecule has 3 rings (SSSR count). The first-order valence-corrected chi connectivity index (χ1v) is 7.82. The molecule has 2 amide bonds. The number of amides is 2. The molecular formula is C18H15ClN2O3. The standard InChI is InChI=1S/C18H15ClN2O3/c1-2-24-16-6-4-3-5-12(16)11-15-17(22)20-21(18(15)23)14-9-7-13(19)8-10-14/h3-11H,2H2,1H3,(H,20,22). The van der Waals surface area contributed by atoms with Crippen molar-refractivity contribution in [3.63, 3.8) is 0 Å². The molecule has 0 bridgehead atoms. The molecular weight excluding hydrogens is 328 g/mol. The van der Waals surface area contributed by atoms with Gasteiger partial charge in [0.2, 0.25) is 0 Å². The highest BCUT2D eigenvalue weighted by molar-refractivity contribution is 6.32. The number of ether oxygens (including phenoxy) is 1. The van der Waals surface area contributed by atoms with Gasteiger partial charge in [0.25, 0.3) is 11.8 Å². The number of carbonyl (C=O) groups is 2. The van der Waals surface area contributed by atoms with Crippen LogP contribution in [0.4, 0.5) is 5.69 Å². The third kappa shape index (κ3) is 3.12. The maximum atomic E-state index is 12.6. The normalized spacial score (nSPS) is 15.8. The summed E-state index contributed by atoms with van der Waals surface area (Å²) in [5.41, 5.74) is 3.82. The van der Waals surface area contributed by atoms with Crippen molar-refractivity contribution < 1.29 is 14.3 Å². The van der Waals surface area contributed by atoms with Crippen LogP contribution in [0.2, 0.25) is 5.02 Å². The van der Waals surface area contributed by atoms with Gasteiger partial charge in [-0.15, -0.1) is 0 Å². The summed E-state index contributed by atoms with van der Waals surface area (Å²) in [7, 11) is 0. The summed E-state index contributed by atoms with van der Waals surface area (Å²) in [4.78, 5) is 24.8. The second-order valence-corrected chi connectivity index (χ2v) is 5.52. The van der Waals surface area contributed by atoms with E-state index >= 15 is 0 Å². The van der Waals surface area contributed by atoms with Crippen molar-refractivity contribution in [1.29, 1.82) is 0 Å². The Bertz CT molecular complexity index is 815. The number of rotatable bonds is 4. The fraction of sp³-hybridized carbons (Fsp3) is 0.111. The number of hydrogen-bond acceptors (Lipinski definition) is 3. The molecule has 2 aromatic rings. The number of hydrogen-bond donors (Lipinski definition) is 1. The summed E-state index contributed by atoms with van der Waals surface area (Å²) in [5, 5.41) is 1.76. The Kier molecular flexibility index (Phi) is 4.53. The number of para-hydroxylation sites is 1. The molecule has 0 atom stereocenters. The van der Waals surface area contributed by atoms with Gasteiger partial charge in [-0.2, -0.15) is 0 Å².